The molecule has 4 aromatic heterocycles. The van der Waals surface area contributed by atoms with Gasteiger partial charge < -0.3 is 4.98 Å². The number of pyridine rings is 1. The Hall–Kier alpha value is -2.93. The van der Waals surface area contributed by atoms with Crippen molar-refractivity contribution in [3.05, 3.63) is 58.2 Å². The van der Waals surface area contributed by atoms with Crippen molar-refractivity contribution < 1.29 is 0 Å². The number of thiophene rings is 1. The largest absolute Gasteiger partial charge is 0.304 e. The smallest absolute Gasteiger partial charge is 0.269 e. The van der Waals surface area contributed by atoms with Gasteiger partial charge in [-0.25, -0.2) is 15.0 Å². The molecule has 128 valence electrons. The van der Waals surface area contributed by atoms with Gasteiger partial charge in [0, 0.05) is 29.3 Å². The number of aromatic nitrogens is 5. The highest BCUT2D eigenvalue weighted by atomic mass is 32.1. The van der Waals surface area contributed by atoms with Crippen molar-refractivity contribution in [2.24, 2.45) is 5.92 Å². The van der Waals surface area contributed by atoms with E-state index >= 15 is 0 Å². The topological polar surface area (TPSA) is 84.4 Å². The zero-order valence-corrected chi connectivity index (χ0v) is 14.8. The number of rotatable bonds is 3. The first kappa shape index (κ1) is 15.3. The van der Waals surface area contributed by atoms with Crippen molar-refractivity contribution in [2.75, 3.05) is 0 Å². The molecule has 5 rings (SSSR count). The number of hydrogen-bond donors (Lipinski definition) is 1. The Morgan fingerprint density at radius 2 is 2.00 bits per heavy atom. The lowest BCUT2D eigenvalue weighted by Gasteiger charge is -2.04. The van der Waals surface area contributed by atoms with Crippen molar-refractivity contribution in [3.8, 4) is 22.8 Å². The van der Waals surface area contributed by atoms with Gasteiger partial charge in [0.1, 0.15) is 16.2 Å². The zero-order valence-electron chi connectivity index (χ0n) is 14.0. The molecule has 1 unspecified atom stereocenters. The van der Waals surface area contributed by atoms with Crippen LogP contribution in [0.15, 0.2) is 46.8 Å². The van der Waals surface area contributed by atoms with Crippen molar-refractivity contribution in [2.45, 2.75) is 19.3 Å². The van der Waals surface area contributed by atoms with E-state index < -0.39 is 0 Å². The third-order valence-electron chi connectivity index (χ3n) is 4.73. The minimum absolute atomic E-state index is 0.155. The van der Waals surface area contributed by atoms with Gasteiger partial charge >= 0.3 is 0 Å². The predicted molar refractivity (Wildman–Crippen MR) is 101 cm³/mol. The summed E-state index contributed by atoms with van der Waals surface area (Å²) in [4.78, 5) is 33.5. The van der Waals surface area contributed by atoms with Gasteiger partial charge in [-0.3, -0.25) is 9.78 Å². The van der Waals surface area contributed by atoms with E-state index in [1.54, 1.807) is 18.5 Å². The summed E-state index contributed by atoms with van der Waals surface area (Å²) in [6, 6.07) is 7.49. The van der Waals surface area contributed by atoms with Crippen LogP contribution in [0.4, 0.5) is 0 Å². The monoisotopic (exact) mass is 361 g/mol. The highest BCUT2D eigenvalue weighted by molar-refractivity contribution is 7.17. The summed E-state index contributed by atoms with van der Waals surface area (Å²) < 4.78 is 0.597. The first-order valence-electron chi connectivity index (χ1n) is 8.47. The minimum Gasteiger partial charge on any atom is -0.304 e. The van der Waals surface area contributed by atoms with Crippen LogP contribution in [0.1, 0.15) is 25.1 Å². The molecular weight excluding hydrogens is 346 g/mol. The predicted octanol–water partition coefficient (Wildman–Crippen LogP) is 3.63. The first-order valence-corrected chi connectivity index (χ1v) is 9.35. The van der Waals surface area contributed by atoms with E-state index in [2.05, 4.69) is 26.9 Å². The van der Waals surface area contributed by atoms with E-state index in [4.69, 9.17) is 4.98 Å². The number of fused-ring (bicyclic) bond motifs is 1. The lowest BCUT2D eigenvalue weighted by Crippen LogP contribution is -2.09. The van der Waals surface area contributed by atoms with Crippen LogP contribution < -0.4 is 5.56 Å². The summed E-state index contributed by atoms with van der Waals surface area (Å²) in [5.41, 5.74) is 2.82. The molecule has 0 aromatic carbocycles. The van der Waals surface area contributed by atoms with Gasteiger partial charge in [-0.2, -0.15) is 0 Å². The molecule has 0 spiro atoms. The second-order valence-corrected chi connectivity index (χ2v) is 7.46. The molecule has 26 heavy (non-hydrogen) atoms. The van der Waals surface area contributed by atoms with Gasteiger partial charge in [-0.05, 0) is 30.5 Å². The van der Waals surface area contributed by atoms with E-state index in [-0.39, 0.29) is 5.56 Å². The molecule has 0 aliphatic heterocycles. The van der Waals surface area contributed by atoms with Gasteiger partial charge in [-0.15, -0.1) is 11.3 Å². The van der Waals surface area contributed by atoms with Crippen LogP contribution in [-0.4, -0.2) is 24.9 Å². The van der Waals surface area contributed by atoms with E-state index in [1.165, 1.54) is 11.3 Å². The summed E-state index contributed by atoms with van der Waals surface area (Å²) in [5, 5.41) is 1.93. The Balaban J connectivity index is 1.67. The van der Waals surface area contributed by atoms with Crippen molar-refractivity contribution in [3.63, 3.8) is 0 Å². The summed E-state index contributed by atoms with van der Waals surface area (Å²) in [6.45, 7) is 2.19. The van der Waals surface area contributed by atoms with E-state index in [1.807, 2.05) is 23.6 Å². The van der Waals surface area contributed by atoms with Crippen LogP contribution >= 0.6 is 11.3 Å². The van der Waals surface area contributed by atoms with Crippen LogP contribution in [0.25, 0.3) is 33.0 Å². The molecule has 4 heterocycles. The van der Waals surface area contributed by atoms with Crippen LogP contribution in [0, 0.1) is 5.92 Å². The molecule has 6 nitrogen and oxygen atoms in total. The third kappa shape index (κ3) is 2.52. The van der Waals surface area contributed by atoms with Crippen LogP contribution in [0.5, 0.6) is 0 Å². The Bertz CT molecular complexity index is 1170. The van der Waals surface area contributed by atoms with E-state index in [0.29, 0.717) is 33.6 Å². The quantitative estimate of drug-likeness (QED) is 0.602. The number of aromatic amines is 1. The molecule has 1 aliphatic carbocycles. The van der Waals surface area contributed by atoms with Gasteiger partial charge in [0.2, 0.25) is 0 Å². The average Bonchev–Trinajstić information content (AvgIpc) is 3.25. The van der Waals surface area contributed by atoms with Crippen LogP contribution in [-0.2, 0) is 0 Å². The normalized spacial score (nSPS) is 19.0. The first-order chi connectivity index (χ1) is 12.7. The van der Waals surface area contributed by atoms with Gasteiger partial charge in [0.25, 0.3) is 5.56 Å². The zero-order chi connectivity index (χ0) is 17.7. The molecule has 0 saturated heterocycles. The number of H-pyrrole nitrogens is 1. The van der Waals surface area contributed by atoms with E-state index in [0.717, 1.165) is 23.5 Å². The number of hydrogen-bond acceptors (Lipinski definition) is 6. The highest BCUT2D eigenvalue weighted by Gasteiger charge is 2.36. The lowest BCUT2D eigenvalue weighted by molar-refractivity contribution is 0.842. The fraction of sp³-hybridized carbons (Fsp3) is 0.211. The standard InChI is InChI=1S/C19H15N5OS/c1-10-8-11(10)17-21-7-5-14(22-17)18-23-15-12(13-4-2-3-6-20-13)9-26-16(15)19(25)24-18/h2-7,9-11H,8H2,1H3,(H,23,24,25)/t10?,11-/m0/s1. The highest BCUT2D eigenvalue weighted by Crippen LogP contribution is 2.45. The maximum atomic E-state index is 12.6. The van der Waals surface area contributed by atoms with Crippen LogP contribution in [0.3, 0.4) is 0 Å². The van der Waals surface area contributed by atoms with Gasteiger partial charge in [0.05, 0.1) is 11.2 Å². The second-order valence-electron chi connectivity index (χ2n) is 6.58. The van der Waals surface area contributed by atoms with Crippen molar-refractivity contribution in [1.29, 1.82) is 0 Å². The molecule has 0 bridgehead atoms. The molecule has 1 aliphatic rings. The fourth-order valence-electron chi connectivity index (χ4n) is 3.12. The molecule has 2 atom stereocenters. The molecule has 1 N–H and O–H groups in total. The molecule has 4 aromatic rings. The van der Waals surface area contributed by atoms with Gasteiger partial charge in [-0.1, -0.05) is 13.0 Å². The Labute approximate surface area is 153 Å². The lowest BCUT2D eigenvalue weighted by atomic mass is 10.2. The Kier molecular flexibility index (Phi) is 3.43. The summed E-state index contributed by atoms with van der Waals surface area (Å²) in [5.74, 6) is 2.33. The molecule has 1 fully saturated rings. The molecule has 0 amide bonds. The molecule has 7 heteroatoms. The second kappa shape index (κ2) is 5.81. The van der Waals surface area contributed by atoms with Gasteiger partial charge in [0.15, 0.2) is 5.82 Å². The SMILES string of the molecule is CC1C[C@@H]1c1nccc(-c2nc3c(-c4ccccn4)csc3c(=O)[nH]2)n1. The van der Waals surface area contributed by atoms with Crippen LogP contribution in [0.2, 0.25) is 0 Å². The van der Waals surface area contributed by atoms with Crippen molar-refractivity contribution in [1.82, 2.24) is 24.9 Å². The summed E-state index contributed by atoms with van der Waals surface area (Å²) >= 11 is 1.38. The maximum absolute atomic E-state index is 12.6. The summed E-state index contributed by atoms with van der Waals surface area (Å²) in [7, 11) is 0. The Morgan fingerprint density at radius 1 is 1.12 bits per heavy atom. The van der Waals surface area contributed by atoms with E-state index in [9.17, 15) is 4.79 Å². The Morgan fingerprint density at radius 3 is 2.77 bits per heavy atom. The molecular formula is C19H15N5OS. The molecule has 1 saturated carbocycles. The average molecular weight is 361 g/mol. The minimum atomic E-state index is -0.155. The van der Waals surface area contributed by atoms with Crippen molar-refractivity contribution >= 4 is 21.6 Å². The number of nitrogens with zero attached hydrogens (tertiary/aromatic N) is 4. The third-order valence-corrected chi connectivity index (χ3v) is 5.69. The fourth-order valence-corrected chi connectivity index (χ4v) is 4.01. The number of nitrogens with one attached hydrogen (secondary N) is 1. The molecule has 0 radical (unpaired) electrons. The summed E-state index contributed by atoms with van der Waals surface area (Å²) in [6.07, 6.45) is 4.58. The maximum Gasteiger partial charge on any atom is 0.269 e.